The number of aromatic amines is 1. The van der Waals surface area contributed by atoms with Crippen molar-refractivity contribution < 1.29 is 24.2 Å². The Morgan fingerprint density at radius 3 is 2.51 bits per heavy atom. The molecule has 1 saturated carbocycles. The number of hydrogen-bond acceptors (Lipinski definition) is 5. The number of nitrogens with zero attached hydrogens (tertiary/aromatic N) is 2. The standard InChI is InChI=1S/C32H29FN4O4/c33-22-9-6-19(7-10-22)30-29(18-4-2-1-3-5-18)35-26-12-8-20(14-27(26)36-30)31(39)37-28(32(40)41)15-21-17-34-25-13-11-23(38)16-24(21)25/h6-14,16-18,28,34,38H,1-5,15H2,(H,37,39)(H,40,41)/t28-/m0/s1. The Kier molecular flexibility index (Phi) is 7.09. The second kappa shape index (κ2) is 11.0. The first-order valence-electron chi connectivity index (χ1n) is 13.8. The molecule has 41 heavy (non-hydrogen) atoms. The van der Waals surface area contributed by atoms with E-state index in [0.717, 1.165) is 42.5 Å². The first kappa shape index (κ1) is 26.4. The Labute approximate surface area is 235 Å². The summed E-state index contributed by atoms with van der Waals surface area (Å²) in [5, 5.41) is 23.1. The first-order valence-corrected chi connectivity index (χ1v) is 13.8. The summed E-state index contributed by atoms with van der Waals surface area (Å²) in [6.07, 6.45) is 7.18. The zero-order valence-corrected chi connectivity index (χ0v) is 22.2. The van der Waals surface area contributed by atoms with Crippen LogP contribution < -0.4 is 5.32 Å². The van der Waals surface area contributed by atoms with Gasteiger partial charge in [0.25, 0.3) is 5.91 Å². The van der Waals surface area contributed by atoms with Crippen molar-refractivity contribution in [3.63, 3.8) is 0 Å². The summed E-state index contributed by atoms with van der Waals surface area (Å²) in [6.45, 7) is 0. The number of halogens is 1. The SMILES string of the molecule is O=C(N[C@@H](Cc1c[nH]c2ccc(O)cc12)C(=O)O)c1ccc2nc(C3CCCCC3)c(-c3ccc(F)cc3)nc2c1. The number of nitrogens with one attached hydrogen (secondary N) is 2. The summed E-state index contributed by atoms with van der Waals surface area (Å²) in [7, 11) is 0. The number of carbonyl (C=O) groups excluding carboxylic acids is 1. The number of aromatic nitrogens is 3. The molecule has 0 radical (unpaired) electrons. The predicted octanol–water partition coefficient (Wildman–Crippen LogP) is 6.10. The van der Waals surface area contributed by atoms with Crippen LogP contribution in [0.5, 0.6) is 5.75 Å². The van der Waals surface area contributed by atoms with Gasteiger partial charge >= 0.3 is 5.97 Å². The van der Waals surface area contributed by atoms with Crippen molar-refractivity contribution in [1.82, 2.24) is 20.3 Å². The number of amides is 1. The van der Waals surface area contributed by atoms with Crippen LogP contribution in [-0.4, -0.2) is 43.1 Å². The zero-order chi connectivity index (χ0) is 28.5. The third kappa shape index (κ3) is 5.48. The minimum Gasteiger partial charge on any atom is -0.508 e. The van der Waals surface area contributed by atoms with Crippen LogP contribution in [0.2, 0.25) is 0 Å². The maximum Gasteiger partial charge on any atom is 0.326 e. The maximum atomic E-state index is 13.7. The molecule has 1 atom stereocenters. The summed E-state index contributed by atoms with van der Waals surface area (Å²) in [5.74, 6) is -1.74. The molecule has 1 fully saturated rings. The fraction of sp³-hybridized carbons (Fsp3) is 0.250. The number of benzene rings is 3. The lowest BCUT2D eigenvalue weighted by Gasteiger charge is -2.23. The number of aliphatic carboxylic acids is 1. The van der Waals surface area contributed by atoms with Crippen LogP contribution in [0.25, 0.3) is 33.2 Å². The number of aromatic hydroxyl groups is 1. The molecule has 1 amide bonds. The summed E-state index contributed by atoms with van der Waals surface area (Å²) >= 11 is 0. The minimum absolute atomic E-state index is 0.0252. The molecular weight excluding hydrogens is 523 g/mol. The van der Waals surface area contributed by atoms with Gasteiger partial charge in [0, 0.05) is 40.6 Å². The van der Waals surface area contributed by atoms with Crippen LogP contribution in [0.15, 0.2) is 66.9 Å². The highest BCUT2D eigenvalue weighted by Gasteiger charge is 2.25. The smallest absolute Gasteiger partial charge is 0.326 e. The molecule has 208 valence electrons. The normalized spacial score (nSPS) is 14.8. The highest BCUT2D eigenvalue weighted by atomic mass is 19.1. The molecule has 0 bridgehead atoms. The van der Waals surface area contributed by atoms with Gasteiger partial charge in [0.05, 0.1) is 22.4 Å². The molecule has 0 unspecified atom stereocenters. The Balaban J connectivity index is 1.31. The van der Waals surface area contributed by atoms with E-state index in [4.69, 9.17) is 9.97 Å². The van der Waals surface area contributed by atoms with Crippen molar-refractivity contribution in [1.29, 1.82) is 0 Å². The van der Waals surface area contributed by atoms with E-state index in [9.17, 15) is 24.2 Å². The topological polar surface area (TPSA) is 128 Å². The number of H-pyrrole nitrogens is 1. The monoisotopic (exact) mass is 552 g/mol. The van der Waals surface area contributed by atoms with Gasteiger partial charge in [-0.25, -0.2) is 19.2 Å². The van der Waals surface area contributed by atoms with Gasteiger partial charge in [-0.3, -0.25) is 4.79 Å². The van der Waals surface area contributed by atoms with Crippen molar-refractivity contribution in [2.75, 3.05) is 0 Å². The van der Waals surface area contributed by atoms with Gasteiger partial charge in [0.15, 0.2) is 0 Å². The molecule has 1 aliphatic rings. The van der Waals surface area contributed by atoms with Gasteiger partial charge < -0.3 is 20.5 Å². The fourth-order valence-corrected chi connectivity index (χ4v) is 5.69. The lowest BCUT2D eigenvalue weighted by atomic mass is 9.85. The summed E-state index contributed by atoms with van der Waals surface area (Å²) < 4.78 is 13.7. The average molecular weight is 553 g/mol. The van der Waals surface area contributed by atoms with E-state index < -0.39 is 17.9 Å². The van der Waals surface area contributed by atoms with Gasteiger partial charge in [-0.05, 0) is 79.1 Å². The van der Waals surface area contributed by atoms with E-state index in [-0.39, 0.29) is 29.5 Å². The van der Waals surface area contributed by atoms with Crippen LogP contribution in [0.4, 0.5) is 4.39 Å². The van der Waals surface area contributed by atoms with Crippen LogP contribution >= 0.6 is 0 Å². The number of carbonyl (C=O) groups is 2. The lowest BCUT2D eigenvalue weighted by molar-refractivity contribution is -0.139. The molecule has 9 heteroatoms. The van der Waals surface area contributed by atoms with Crippen molar-refractivity contribution in [3.8, 4) is 17.0 Å². The predicted molar refractivity (Wildman–Crippen MR) is 153 cm³/mol. The number of phenols is 1. The first-order chi connectivity index (χ1) is 19.9. The zero-order valence-electron chi connectivity index (χ0n) is 22.2. The number of phenolic OH excluding ortho intramolecular Hbond substituents is 1. The van der Waals surface area contributed by atoms with E-state index in [1.807, 2.05) is 0 Å². The third-order valence-corrected chi connectivity index (χ3v) is 7.84. The van der Waals surface area contributed by atoms with Gasteiger partial charge in [-0.2, -0.15) is 0 Å². The summed E-state index contributed by atoms with van der Waals surface area (Å²) in [6, 6.07) is 14.8. The van der Waals surface area contributed by atoms with E-state index in [2.05, 4.69) is 10.3 Å². The van der Waals surface area contributed by atoms with Crippen molar-refractivity contribution >= 4 is 33.8 Å². The summed E-state index contributed by atoms with van der Waals surface area (Å²) in [4.78, 5) is 38.3. The van der Waals surface area contributed by atoms with E-state index >= 15 is 0 Å². The molecule has 4 N–H and O–H groups in total. The molecule has 3 aromatic carbocycles. The van der Waals surface area contributed by atoms with Crippen molar-refractivity contribution in [3.05, 3.63) is 89.5 Å². The summed E-state index contributed by atoms with van der Waals surface area (Å²) in [5.41, 5.74) is 5.12. The minimum atomic E-state index is -1.20. The van der Waals surface area contributed by atoms with E-state index in [1.165, 1.54) is 18.6 Å². The Morgan fingerprint density at radius 2 is 1.76 bits per heavy atom. The largest absolute Gasteiger partial charge is 0.508 e. The molecule has 5 aromatic rings. The number of rotatable bonds is 7. The van der Waals surface area contributed by atoms with Gasteiger partial charge in [-0.1, -0.05) is 19.3 Å². The number of hydrogen-bond donors (Lipinski definition) is 4. The second-order valence-corrected chi connectivity index (χ2v) is 10.6. The molecule has 0 saturated heterocycles. The highest BCUT2D eigenvalue weighted by molar-refractivity contribution is 5.99. The lowest BCUT2D eigenvalue weighted by Crippen LogP contribution is -2.42. The molecule has 1 aliphatic carbocycles. The average Bonchev–Trinajstić information content (AvgIpc) is 3.38. The van der Waals surface area contributed by atoms with Gasteiger partial charge in [-0.15, -0.1) is 0 Å². The number of fused-ring (bicyclic) bond motifs is 2. The quantitative estimate of drug-likeness (QED) is 0.193. The van der Waals surface area contributed by atoms with Gasteiger partial charge in [0.1, 0.15) is 17.6 Å². The van der Waals surface area contributed by atoms with Crippen LogP contribution in [0.3, 0.4) is 0 Å². The van der Waals surface area contributed by atoms with Crippen molar-refractivity contribution in [2.45, 2.75) is 50.5 Å². The molecule has 6 rings (SSSR count). The fourth-order valence-electron chi connectivity index (χ4n) is 5.69. The maximum absolute atomic E-state index is 13.7. The molecule has 0 spiro atoms. The van der Waals surface area contributed by atoms with Crippen LogP contribution in [-0.2, 0) is 11.2 Å². The number of carboxylic acid groups (broad SMARTS) is 1. The Bertz CT molecular complexity index is 1760. The Morgan fingerprint density at radius 1 is 0.976 bits per heavy atom. The third-order valence-electron chi connectivity index (χ3n) is 7.84. The van der Waals surface area contributed by atoms with Gasteiger partial charge in [0.2, 0.25) is 0 Å². The van der Waals surface area contributed by atoms with Crippen LogP contribution in [0.1, 0.15) is 59.6 Å². The number of carboxylic acids is 1. The molecule has 0 aliphatic heterocycles. The molecule has 2 heterocycles. The highest BCUT2D eigenvalue weighted by Crippen LogP contribution is 2.37. The Hall–Kier alpha value is -4.79. The molecular formula is C32H29FN4O4. The van der Waals surface area contributed by atoms with Crippen LogP contribution in [0, 0.1) is 5.82 Å². The molecule has 2 aromatic heterocycles. The molecule has 8 nitrogen and oxygen atoms in total. The second-order valence-electron chi connectivity index (χ2n) is 10.6. The van der Waals surface area contributed by atoms with E-state index in [0.29, 0.717) is 27.7 Å². The van der Waals surface area contributed by atoms with E-state index in [1.54, 1.807) is 54.7 Å². The van der Waals surface area contributed by atoms with Crippen molar-refractivity contribution in [2.24, 2.45) is 0 Å².